The van der Waals surface area contributed by atoms with Crippen molar-refractivity contribution >= 4 is 17.6 Å². The molecule has 0 atom stereocenters. The van der Waals surface area contributed by atoms with E-state index in [2.05, 4.69) is 9.47 Å². The summed E-state index contributed by atoms with van der Waals surface area (Å²) < 4.78 is 44.8. The molecule has 108 valence electrons. The minimum atomic E-state index is -4.87. The van der Waals surface area contributed by atoms with Crippen molar-refractivity contribution in [1.29, 1.82) is 5.26 Å². The lowest BCUT2D eigenvalue weighted by molar-refractivity contribution is -0.274. The Labute approximate surface area is 117 Å². The minimum Gasteiger partial charge on any atom is -0.469 e. The molecule has 0 saturated heterocycles. The molecule has 1 aromatic rings. The largest absolute Gasteiger partial charge is 0.573 e. The van der Waals surface area contributed by atoms with Crippen LogP contribution in [0.5, 0.6) is 5.75 Å². The molecule has 0 aliphatic heterocycles. The zero-order valence-corrected chi connectivity index (χ0v) is 11.0. The van der Waals surface area contributed by atoms with Crippen LogP contribution in [0.2, 0.25) is 0 Å². The fourth-order valence-electron chi connectivity index (χ4n) is 1.54. The van der Waals surface area contributed by atoms with Gasteiger partial charge in [-0.1, -0.05) is 0 Å². The normalized spacial score (nSPS) is 10.8. The SMILES string of the molecule is COC(=O)Cc1cc(OC(F)(F)F)cc(CCl)c1C#N. The van der Waals surface area contributed by atoms with Crippen LogP contribution in [0.15, 0.2) is 12.1 Å². The first-order chi connectivity index (χ1) is 9.30. The molecule has 0 bridgehead atoms. The highest BCUT2D eigenvalue weighted by Gasteiger charge is 2.31. The average molecular weight is 308 g/mol. The number of alkyl halides is 4. The van der Waals surface area contributed by atoms with Gasteiger partial charge in [0, 0.05) is 5.88 Å². The Bertz CT molecular complexity index is 552. The van der Waals surface area contributed by atoms with E-state index in [1.165, 1.54) is 0 Å². The summed E-state index contributed by atoms with van der Waals surface area (Å²) in [5.41, 5.74) is 0.256. The Morgan fingerprint density at radius 1 is 1.40 bits per heavy atom. The maximum Gasteiger partial charge on any atom is 0.573 e. The molecular weight excluding hydrogens is 299 g/mol. The van der Waals surface area contributed by atoms with Crippen LogP contribution in [-0.2, 0) is 21.8 Å². The van der Waals surface area contributed by atoms with Gasteiger partial charge in [-0.05, 0) is 23.3 Å². The van der Waals surface area contributed by atoms with Gasteiger partial charge >= 0.3 is 12.3 Å². The van der Waals surface area contributed by atoms with Crippen LogP contribution >= 0.6 is 11.6 Å². The second-order valence-corrected chi connectivity index (χ2v) is 3.93. The van der Waals surface area contributed by atoms with Crippen LogP contribution in [0.4, 0.5) is 13.2 Å². The summed E-state index contributed by atoms with van der Waals surface area (Å²) in [5, 5.41) is 9.02. The second-order valence-electron chi connectivity index (χ2n) is 3.66. The van der Waals surface area contributed by atoms with Crippen molar-refractivity contribution in [2.24, 2.45) is 0 Å². The molecule has 8 heteroatoms. The molecule has 0 amide bonds. The average Bonchev–Trinajstić information content (AvgIpc) is 2.35. The van der Waals surface area contributed by atoms with Gasteiger partial charge in [0.15, 0.2) is 0 Å². The van der Waals surface area contributed by atoms with Crippen LogP contribution in [-0.4, -0.2) is 19.4 Å². The molecule has 1 rings (SSSR count). The minimum absolute atomic E-state index is 0.0416. The van der Waals surface area contributed by atoms with Gasteiger partial charge in [0.1, 0.15) is 5.75 Å². The Kier molecular flexibility index (Phi) is 5.22. The molecule has 4 nitrogen and oxygen atoms in total. The molecule has 0 unspecified atom stereocenters. The van der Waals surface area contributed by atoms with Crippen LogP contribution in [0.25, 0.3) is 0 Å². The number of carbonyl (C=O) groups excluding carboxylic acids is 1. The molecule has 0 spiro atoms. The summed E-state index contributed by atoms with van der Waals surface area (Å²) in [5.74, 6) is -1.41. The number of hydrogen-bond donors (Lipinski definition) is 0. The Morgan fingerprint density at radius 3 is 2.45 bits per heavy atom. The summed E-state index contributed by atoms with van der Waals surface area (Å²) in [6, 6.07) is 3.79. The Morgan fingerprint density at radius 2 is 2.00 bits per heavy atom. The van der Waals surface area contributed by atoms with Crippen LogP contribution in [0.3, 0.4) is 0 Å². The van der Waals surface area contributed by atoms with E-state index in [-0.39, 0.29) is 29.0 Å². The molecule has 0 N–H and O–H groups in total. The number of nitriles is 1. The summed E-state index contributed by atoms with van der Waals surface area (Å²) in [6.45, 7) is 0. The smallest absolute Gasteiger partial charge is 0.469 e. The van der Waals surface area contributed by atoms with Crippen LogP contribution < -0.4 is 4.74 Å². The Balaban J connectivity index is 3.28. The molecule has 0 saturated carbocycles. The lowest BCUT2D eigenvalue weighted by atomic mass is 10.00. The van der Waals surface area contributed by atoms with Crippen molar-refractivity contribution in [3.8, 4) is 11.8 Å². The highest BCUT2D eigenvalue weighted by molar-refractivity contribution is 6.17. The molecule has 0 heterocycles. The van der Waals surface area contributed by atoms with Gasteiger partial charge in [-0.2, -0.15) is 5.26 Å². The van der Waals surface area contributed by atoms with Crippen molar-refractivity contribution in [1.82, 2.24) is 0 Å². The topological polar surface area (TPSA) is 59.3 Å². The molecule has 20 heavy (non-hydrogen) atoms. The number of methoxy groups -OCH3 is 1. The number of benzene rings is 1. The van der Waals surface area contributed by atoms with Crippen molar-refractivity contribution in [3.05, 3.63) is 28.8 Å². The number of halogens is 4. The van der Waals surface area contributed by atoms with E-state index < -0.39 is 18.1 Å². The van der Waals surface area contributed by atoms with Gasteiger partial charge in [0.05, 0.1) is 25.2 Å². The van der Waals surface area contributed by atoms with Gasteiger partial charge < -0.3 is 9.47 Å². The third-order valence-corrected chi connectivity index (χ3v) is 2.61. The van der Waals surface area contributed by atoms with E-state index in [0.29, 0.717) is 0 Å². The first-order valence-electron chi connectivity index (χ1n) is 5.25. The van der Waals surface area contributed by atoms with Gasteiger partial charge in [-0.25, -0.2) is 0 Å². The van der Waals surface area contributed by atoms with E-state index in [4.69, 9.17) is 16.9 Å². The van der Waals surface area contributed by atoms with Crippen molar-refractivity contribution < 1.29 is 27.4 Å². The van der Waals surface area contributed by atoms with Gasteiger partial charge in [-0.15, -0.1) is 24.8 Å². The number of rotatable bonds is 4. The summed E-state index contributed by atoms with van der Waals surface area (Å²) in [4.78, 5) is 11.2. The number of ether oxygens (including phenoxy) is 2. The predicted molar refractivity (Wildman–Crippen MR) is 63.1 cm³/mol. The summed E-state index contributed by atoms with van der Waals surface area (Å²) >= 11 is 5.59. The van der Waals surface area contributed by atoms with E-state index in [0.717, 1.165) is 19.2 Å². The maximum atomic E-state index is 12.2. The lowest BCUT2D eigenvalue weighted by Crippen LogP contribution is -2.18. The number of carbonyl (C=O) groups is 1. The van der Waals surface area contributed by atoms with E-state index in [1.54, 1.807) is 6.07 Å². The Hall–Kier alpha value is -1.94. The van der Waals surface area contributed by atoms with Crippen molar-refractivity contribution in [3.63, 3.8) is 0 Å². The molecule has 0 aliphatic rings. The number of esters is 1. The second kappa shape index (κ2) is 6.48. The van der Waals surface area contributed by atoms with Crippen molar-refractivity contribution in [2.45, 2.75) is 18.7 Å². The third kappa shape index (κ3) is 4.31. The van der Waals surface area contributed by atoms with Crippen LogP contribution in [0, 0.1) is 11.3 Å². The quantitative estimate of drug-likeness (QED) is 0.634. The fraction of sp³-hybridized carbons (Fsp3) is 0.333. The highest BCUT2D eigenvalue weighted by Crippen LogP contribution is 2.29. The van der Waals surface area contributed by atoms with Crippen LogP contribution in [0.1, 0.15) is 16.7 Å². The standard InChI is InChI=1S/C12H9ClF3NO3/c1-19-11(18)4-7-2-9(20-12(14,15)16)3-8(5-13)10(7)6-17/h2-3H,4-5H2,1H3. The van der Waals surface area contributed by atoms with Gasteiger partial charge in [0.2, 0.25) is 0 Å². The molecule has 0 aromatic heterocycles. The van der Waals surface area contributed by atoms with E-state index in [9.17, 15) is 18.0 Å². The maximum absolute atomic E-state index is 12.2. The van der Waals surface area contributed by atoms with Gasteiger partial charge in [-0.3, -0.25) is 4.79 Å². The van der Waals surface area contributed by atoms with Gasteiger partial charge in [0.25, 0.3) is 0 Å². The lowest BCUT2D eigenvalue weighted by Gasteiger charge is -2.13. The molecule has 1 aromatic carbocycles. The first-order valence-corrected chi connectivity index (χ1v) is 5.78. The monoisotopic (exact) mass is 307 g/mol. The predicted octanol–water partition coefficient (Wildman–Crippen LogP) is 2.91. The highest BCUT2D eigenvalue weighted by atomic mass is 35.5. The van der Waals surface area contributed by atoms with E-state index >= 15 is 0 Å². The number of hydrogen-bond acceptors (Lipinski definition) is 4. The first kappa shape index (κ1) is 16.1. The fourth-order valence-corrected chi connectivity index (χ4v) is 1.76. The molecule has 0 radical (unpaired) electrons. The van der Waals surface area contributed by atoms with Crippen molar-refractivity contribution in [2.75, 3.05) is 7.11 Å². The molecular formula is C12H9ClF3NO3. The molecule has 0 fully saturated rings. The summed E-state index contributed by atoms with van der Waals surface area (Å²) in [6.07, 6.45) is -5.22. The van der Waals surface area contributed by atoms with E-state index in [1.807, 2.05) is 0 Å². The number of nitrogens with zero attached hydrogens (tertiary/aromatic N) is 1. The summed E-state index contributed by atoms with van der Waals surface area (Å²) in [7, 11) is 1.13. The molecule has 0 aliphatic carbocycles. The third-order valence-electron chi connectivity index (χ3n) is 2.33. The zero-order valence-electron chi connectivity index (χ0n) is 10.3. The zero-order chi connectivity index (χ0) is 15.3.